The maximum Gasteiger partial charge on any atom is 0.414 e. The second kappa shape index (κ2) is 7.14. The second-order valence-electron chi connectivity index (χ2n) is 4.96. The predicted molar refractivity (Wildman–Crippen MR) is 92.9 cm³/mol. The number of H-pyrrole nitrogens is 1. The van der Waals surface area contributed by atoms with Gasteiger partial charge in [-0.1, -0.05) is 0 Å². The first-order valence-electron chi connectivity index (χ1n) is 7.38. The van der Waals surface area contributed by atoms with Gasteiger partial charge in [0, 0.05) is 10.9 Å². The summed E-state index contributed by atoms with van der Waals surface area (Å²) in [5, 5.41) is 14.3. The number of rotatable bonds is 4. The van der Waals surface area contributed by atoms with Crippen molar-refractivity contribution < 1.29 is 19.1 Å². The Balaban J connectivity index is 1.74. The number of fused-ring (bicyclic) bond motifs is 1. The van der Waals surface area contributed by atoms with Gasteiger partial charge in [0.05, 0.1) is 23.9 Å². The van der Waals surface area contributed by atoms with E-state index in [-0.39, 0.29) is 18.1 Å². The summed E-state index contributed by atoms with van der Waals surface area (Å²) in [7, 11) is 0. The molecule has 3 N–H and O–H groups in total. The topological polar surface area (TPSA) is 113 Å². The highest BCUT2D eigenvalue weighted by atomic mass is 32.1. The van der Waals surface area contributed by atoms with Gasteiger partial charge < -0.3 is 10.1 Å². The van der Waals surface area contributed by atoms with Gasteiger partial charge in [-0.15, -0.1) is 11.3 Å². The Kier molecular flexibility index (Phi) is 4.75. The zero-order valence-electron chi connectivity index (χ0n) is 13.2. The molecule has 25 heavy (non-hydrogen) atoms. The average Bonchev–Trinajstić information content (AvgIpc) is 3.22. The summed E-state index contributed by atoms with van der Waals surface area (Å²) in [6, 6.07) is 6.62. The van der Waals surface area contributed by atoms with Crippen molar-refractivity contribution in [2.45, 2.75) is 6.92 Å². The van der Waals surface area contributed by atoms with Crippen LogP contribution >= 0.6 is 11.3 Å². The van der Waals surface area contributed by atoms with Gasteiger partial charge in [-0.3, -0.25) is 20.0 Å². The highest BCUT2D eigenvalue weighted by Crippen LogP contribution is 2.24. The normalized spacial score (nSPS) is 10.4. The molecule has 3 rings (SSSR count). The van der Waals surface area contributed by atoms with Crippen LogP contribution in [0.2, 0.25) is 0 Å². The number of carbonyl (C=O) groups excluding carboxylic acids is 3. The van der Waals surface area contributed by atoms with Gasteiger partial charge in [-0.25, -0.2) is 4.79 Å². The zero-order valence-corrected chi connectivity index (χ0v) is 14.0. The monoisotopic (exact) mass is 358 g/mol. The number of aromatic amines is 1. The summed E-state index contributed by atoms with van der Waals surface area (Å²) in [6.45, 7) is 1.79. The Morgan fingerprint density at radius 3 is 2.88 bits per heavy atom. The van der Waals surface area contributed by atoms with E-state index in [4.69, 9.17) is 0 Å². The van der Waals surface area contributed by atoms with Crippen LogP contribution in [0.4, 0.5) is 9.80 Å². The Morgan fingerprint density at radius 2 is 2.08 bits per heavy atom. The number of aromatic nitrogens is 2. The molecule has 0 fully saturated rings. The molecule has 1 aromatic carbocycles. The smallest absolute Gasteiger partial charge is 0.414 e. The van der Waals surface area contributed by atoms with E-state index in [1.54, 1.807) is 36.7 Å². The van der Waals surface area contributed by atoms with Crippen LogP contribution in [0.15, 0.2) is 35.8 Å². The molecular weight excluding hydrogens is 344 g/mol. The van der Waals surface area contributed by atoms with Gasteiger partial charge in [0.2, 0.25) is 0 Å². The first kappa shape index (κ1) is 16.7. The zero-order chi connectivity index (χ0) is 17.8. The maximum absolute atomic E-state index is 12.4. The molecule has 0 unspecified atom stereocenters. The molecule has 3 amide bonds. The number of nitrogens with zero attached hydrogens (tertiary/aromatic N) is 1. The Hall–Kier alpha value is -3.20. The number of ether oxygens (including phenoxy) is 1. The largest absolute Gasteiger partial charge is 0.450 e. The molecule has 9 heteroatoms. The molecule has 0 spiro atoms. The summed E-state index contributed by atoms with van der Waals surface area (Å²) >= 11 is 1.18. The molecule has 0 atom stereocenters. The number of amides is 3. The van der Waals surface area contributed by atoms with Crippen LogP contribution in [0.25, 0.3) is 10.9 Å². The Morgan fingerprint density at radius 1 is 1.24 bits per heavy atom. The van der Waals surface area contributed by atoms with Crippen molar-refractivity contribution in [1.82, 2.24) is 15.5 Å². The number of imide groups is 1. The number of benzene rings is 1. The number of alkyl carbamates (subject to hydrolysis) is 1. The van der Waals surface area contributed by atoms with Crippen LogP contribution in [-0.2, 0) is 4.74 Å². The number of carbonyl (C=O) groups is 3. The van der Waals surface area contributed by atoms with Crippen molar-refractivity contribution in [3.05, 3.63) is 47.0 Å². The van der Waals surface area contributed by atoms with Crippen molar-refractivity contribution in [1.29, 1.82) is 0 Å². The lowest BCUT2D eigenvalue weighted by Crippen LogP contribution is -2.31. The summed E-state index contributed by atoms with van der Waals surface area (Å²) in [4.78, 5) is 35.9. The van der Waals surface area contributed by atoms with Crippen LogP contribution in [-0.4, -0.2) is 34.7 Å². The fourth-order valence-electron chi connectivity index (χ4n) is 2.17. The molecule has 2 aromatic heterocycles. The number of thiophene rings is 1. The summed E-state index contributed by atoms with van der Waals surface area (Å²) < 4.78 is 4.67. The molecule has 0 aliphatic carbocycles. The predicted octanol–water partition coefficient (Wildman–Crippen LogP) is 2.76. The van der Waals surface area contributed by atoms with Gasteiger partial charge in [0.1, 0.15) is 5.00 Å². The minimum Gasteiger partial charge on any atom is -0.450 e. The van der Waals surface area contributed by atoms with Crippen LogP contribution in [0.5, 0.6) is 0 Å². The minimum absolute atomic E-state index is 0.156. The van der Waals surface area contributed by atoms with Gasteiger partial charge in [0.25, 0.3) is 11.8 Å². The molecule has 0 bridgehead atoms. The third-order valence-corrected chi connectivity index (χ3v) is 4.16. The molecule has 0 aliphatic heterocycles. The average molecular weight is 358 g/mol. The van der Waals surface area contributed by atoms with E-state index in [1.807, 2.05) is 0 Å². The second-order valence-corrected chi connectivity index (χ2v) is 5.88. The van der Waals surface area contributed by atoms with Gasteiger partial charge >= 0.3 is 6.09 Å². The molecule has 0 saturated heterocycles. The van der Waals surface area contributed by atoms with E-state index in [1.165, 1.54) is 17.4 Å². The van der Waals surface area contributed by atoms with E-state index in [0.29, 0.717) is 10.6 Å². The van der Waals surface area contributed by atoms with Crippen LogP contribution < -0.4 is 10.6 Å². The van der Waals surface area contributed by atoms with E-state index in [2.05, 4.69) is 25.6 Å². The molecular formula is C16H14N4O4S. The third kappa shape index (κ3) is 3.66. The van der Waals surface area contributed by atoms with Gasteiger partial charge in [-0.2, -0.15) is 5.10 Å². The molecule has 128 valence electrons. The fraction of sp³-hybridized carbons (Fsp3) is 0.125. The van der Waals surface area contributed by atoms with E-state index in [9.17, 15) is 14.4 Å². The highest BCUT2D eigenvalue weighted by Gasteiger charge is 2.18. The van der Waals surface area contributed by atoms with Gasteiger partial charge in [0.15, 0.2) is 0 Å². The van der Waals surface area contributed by atoms with Crippen molar-refractivity contribution in [2.24, 2.45) is 0 Å². The number of hydrogen-bond acceptors (Lipinski definition) is 6. The molecule has 2 heterocycles. The van der Waals surface area contributed by atoms with Crippen LogP contribution in [0.3, 0.4) is 0 Å². The highest BCUT2D eigenvalue weighted by molar-refractivity contribution is 7.14. The van der Waals surface area contributed by atoms with Crippen molar-refractivity contribution in [3.63, 3.8) is 0 Å². The quantitative estimate of drug-likeness (QED) is 0.664. The van der Waals surface area contributed by atoms with Crippen LogP contribution in [0, 0.1) is 0 Å². The summed E-state index contributed by atoms with van der Waals surface area (Å²) in [5.41, 5.74) is 1.44. The lowest BCUT2D eigenvalue weighted by atomic mass is 10.1. The van der Waals surface area contributed by atoms with Crippen LogP contribution in [0.1, 0.15) is 27.6 Å². The first-order chi connectivity index (χ1) is 12.1. The van der Waals surface area contributed by atoms with Gasteiger partial charge in [-0.05, 0) is 36.6 Å². The lowest BCUT2D eigenvalue weighted by Gasteiger charge is -2.07. The SMILES string of the molecule is CCOC(=O)NC(=O)c1ccsc1NC(=O)c1ccc2[nH]ncc2c1. The van der Waals surface area contributed by atoms with E-state index >= 15 is 0 Å². The molecule has 0 saturated carbocycles. The number of nitrogens with one attached hydrogen (secondary N) is 3. The summed E-state index contributed by atoms with van der Waals surface area (Å²) in [5.74, 6) is -1.00. The van der Waals surface area contributed by atoms with Crippen molar-refractivity contribution in [3.8, 4) is 0 Å². The third-order valence-electron chi connectivity index (χ3n) is 3.33. The fourth-order valence-corrected chi connectivity index (χ4v) is 2.95. The molecule has 8 nitrogen and oxygen atoms in total. The number of hydrogen-bond donors (Lipinski definition) is 3. The minimum atomic E-state index is -0.832. The van der Waals surface area contributed by atoms with Crippen molar-refractivity contribution >= 4 is 45.1 Å². The standard InChI is InChI=1S/C16H14N4O4S/c1-2-24-16(23)19-14(22)11-5-6-25-15(11)18-13(21)9-3-4-12-10(7-9)8-17-20-12/h3-8H,2H2,1H3,(H,17,20)(H,18,21)(H,19,22,23). The molecule has 0 radical (unpaired) electrons. The lowest BCUT2D eigenvalue weighted by molar-refractivity contribution is 0.0926. The Labute approximate surface area is 146 Å². The summed E-state index contributed by atoms with van der Waals surface area (Å²) in [6.07, 6.45) is 0.788. The van der Waals surface area contributed by atoms with E-state index in [0.717, 1.165) is 10.9 Å². The molecule has 3 aromatic rings. The maximum atomic E-state index is 12.4. The van der Waals surface area contributed by atoms with Crippen molar-refractivity contribution in [2.75, 3.05) is 11.9 Å². The first-order valence-corrected chi connectivity index (χ1v) is 8.26. The number of anilines is 1. The van der Waals surface area contributed by atoms with E-state index < -0.39 is 12.0 Å². The Bertz CT molecular complexity index is 946. The molecule has 0 aliphatic rings.